The fourth-order valence-electron chi connectivity index (χ4n) is 4.20. The molecule has 1 aromatic heterocycles. The van der Waals surface area contributed by atoms with E-state index in [1.807, 2.05) is 23.1 Å². The molecule has 2 aliphatic heterocycles. The molecule has 3 heterocycles. The Morgan fingerprint density at radius 1 is 1.46 bits per heavy atom. The Morgan fingerprint density at radius 2 is 2.33 bits per heavy atom. The molecular weight excluding hydrogens is 322 g/mol. The van der Waals surface area contributed by atoms with Crippen LogP contribution < -0.4 is 0 Å². The molecule has 2 aromatic rings. The number of amides is 1. The maximum absolute atomic E-state index is 13.0. The molecule has 1 aromatic carbocycles. The third kappa shape index (κ3) is 2.75. The fourth-order valence-corrected chi connectivity index (χ4v) is 5.24. The lowest BCUT2D eigenvalue weighted by Gasteiger charge is -2.50. The van der Waals surface area contributed by atoms with Crippen molar-refractivity contribution < 1.29 is 14.3 Å². The number of hydrogen-bond donors (Lipinski definition) is 0. The number of hydrogen-bond acceptors (Lipinski definition) is 4. The predicted octanol–water partition coefficient (Wildman–Crippen LogP) is 3.56. The van der Waals surface area contributed by atoms with Crippen LogP contribution in [-0.4, -0.2) is 50.3 Å². The van der Waals surface area contributed by atoms with Crippen molar-refractivity contribution >= 4 is 27.3 Å². The smallest absolute Gasteiger partial charge is 0.263 e. The maximum atomic E-state index is 13.0. The number of carbonyl (C=O) groups is 1. The van der Waals surface area contributed by atoms with E-state index in [4.69, 9.17) is 9.47 Å². The molecule has 4 rings (SSSR count). The molecule has 4 nitrogen and oxygen atoms in total. The summed E-state index contributed by atoms with van der Waals surface area (Å²) >= 11 is 1.59. The number of thiophene rings is 1. The zero-order chi connectivity index (χ0) is 16.6. The predicted molar refractivity (Wildman–Crippen MR) is 95.6 cm³/mol. The molecule has 0 unspecified atom stereocenters. The zero-order valence-corrected chi connectivity index (χ0v) is 14.8. The highest BCUT2D eigenvalue weighted by molar-refractivity contribution is 7.20. The molecular formula is C19H23NO3S. The van der Waals surface area contributed by atoms with Gasteiger partial charge in [-0.3, -0.25) is 4.79 Å². The second-order valence-corrected chi connectivity index (χ2v) is 8.01. The maximum Gasteiger partial charge on any atom is 0.263 e. The lowest BCUT2D eigenvalue weighted by Crippen LogP contribution is -2.57. The summed E-state index contributed by atoms with van der Waals surface area (Å²) in [5, 5.41) is 1.15. The molecule has 5 heteroatoms. The highest BCUT2D eigenvalue weighted by Gasteiger charge is 2.47. The van der Waals surface area contributed by atoms with E-state index in [1.165, 1.54) is 4.70 Å². The monoisotopic (exact) mass is 345 g/mol. The van der Waals surface area contributed by atoms with E-state index in [0.29, 0.717) is 6.61 Å². The third-order valence-electron chi connectivity index (χ3n) is 5.34. The third-order valence-corrected chi connectivity index (χ3v) is 6.45. The van der Waals surface area contributed by atoms with Crippen LogP contribution >= 0.6 is 11.3 Å². The van der Waals surface area contributed by atoms with Gasteiger partial charge in [-0.25, -0.2) is 0 Å². The summed E-state index contributed by atoms with van der Waals surface area (Å²) in [6, 6.07) is 10.2. The van der Waals surface area contributed by atoms with Crippen molar-refractivity contribution in [2.45, 2.75) is 25.4 Å². The minimum atomic E-state index is -0.0441. The molecule has 2 atom stereocenters. The van der Waals surface area contributed by atoms with Gasteiger partial charge in [-0.15, -0.1) is 11.3 Å². The Labute approximate surface area is 146 Å². The molecule has 1 amide bonds. The van der Waals surface area contributed by atoms with Crippen molar-refractivity contribution in [3.05, 3.63) is 35.2 Å². The van der Waals surface area contributed by atoms with Crippen molar-refractivity contribution in [2.75, 3.05) is 33.4 Å². The number of benzene rings is 1. The van der Waals surface area contributed by atoms with Crippen LogP contribution in [0.25, 0.3) is 10.1 Å². The summed E-state index contributed by atoms with van der Waals surface area (Å²) in [4.78, 5) is 15.9. The largest absolute Gasteiger partial charge is 0.384 e. The standard InChI is InChI=1S/C19H23NO3S/c1-22-13-19-8-4-10-23-17(19)7-9-20(12-19)18(21)16-11-14-5-2-3-6-15(14)24-16/h2-3,5-6,11,17H,4,7-10,12-13H2,1H3/t17-,19-/m1/s1. The van der Waals surface area contributed by atoms with E-state index in [-0.39, 0.29) is 17.4 Å². The van der Waals surface area contributed by atoms with Gasteiger partial charge in [0.1, 0.15) is 0 Å². The van der Waals surface area contributed by atoms with E-state index in [9.17, 15) is 4.79 Å². The lowest BCUT2D eigenvalue weighted by atomic mass is 9.73. The second-order valence-electron chi connectivity index (χ2n) is 6.92. The van der Waals surface area contributed by atoms with Crippen LogP contribution in [0.5, 0.6) is 0 Å². The first kappa shape index (κ1) is 16.1. The van der Waals surface area contributed by atoms with Gasteiger partial charge >= 0.3 is 0 Å². The van der Waals surface area contributed by atoms with E-state index >= 15 is 0 Å². The van der Waals surface area contributed by atoms with E-state index < -0.39 is 0 Å². The average molecular weight is 345 g/mol. The quantitative estimate of drug-likeness (QED) is 0.854. The van der Waals surface area contributed by atoms with E-state index in [0.717, 1.165) is 49.2 Å². The SMILES string of the molecule is COC[C@]12CCCO[C@@H]1CCN(C(=O)c1cc3ccccc3s1)C2. The summed E-state index contributed by atoms with van der Waals surface area (Å²) in [6.45, 7) is 3.00. The van der Waals surface area contributed by atoms with Crippen molar-refractivity contribution in [3.63, 3.8) is 0 Å². The number of ether oxygens (including phenoxy) is 2. The summed E-state index contributed by atoms with van der Waals surface area (Å²) < 4.78 is 12.7. The molecule has 0 N–H and O–H groups in total. The first-order valence-electron chi connectivity index (χ1n) is 8.60. The van der Waals surface area contributed by atoms with Crippen molar-refractivity contribution in [2.24, 2.45) is 5.41 Å². The molecule has 128 valence electrons. The molecule has 0 bridgehead atoms. The Morgan fingerprint density at radius 3 is 3.17 bits per heavy atom. The van der Waals surface area contributed by atoms with Crippen LogP contribution in [0.15, 0.2) is 30.3 Å². The number of carbonyl (C=O) groups excluding carboxylic acids is 1. The molecule has 0 aliphatic carbocycles. The first-order chi connectivity index (χ1) is 11.7. The zero-order valence-electron chi connectivity index (χ0n) is 14.0. The van der Waals surface area contributed by atoms with Crippen molar-refractivity contribution in [3.8, 4) is 0 Å². The highest BCUT2D eigenvalue weighted by atomic mass is 32.1. The van der Waals surface area contributed by atoms with Gasteiger partial charge < -0.3 is 14.4 Å². The van der Waals surface area contributed by atoms with Gasteiger partial charge in [0.05, 0.1) is 17.6 Å². The number of methoxy groups -OCH3 is 1. The minimum Gasteiger partial charge on any atom is -0.384 e. The van der Waals surface area contributed by atoms with Crippen LogP contribution in [0.1, 0.15) is 28.9 Å². The Bertz CT molecular complexity index is 706. The Hall–Kier alpha value is -1.43. The number of likely N-dealkylation sites (tertiary alicyclic amines) is 1. The van der Waals surface area contributed by atoms with Crippen molar-refractivity contribution in [1.82, 2.24) is 4.90 Å². The topological polar surface area (TPSA) is 38.8 Å². The van der Waals surface area contributed by atoms with Crippen LogP contribution in [0, 0.1) is 5.41 Å². The van der Waals surface area contributed by atoms with E-state index in [1.54, 1.807) is 18.4 Å². The summed E-state index contributed by atoms with van der Waals surface area (Å²) in [6.07, 6.45) is 3.24. The summed E-state index contributed by atoms with van der Waals surface area (Å²) in [7, 11) is 1.74. The van der Waals surface area contributed by atoms with Gasteiger partial charge in [0.15, 0.2) is 0 Å². The number of fused-ring (bicyclic) bond motifs is 2. The van der Waals surface area contributed by atoms with Crippen LogP contribution in [0.4, 0.5) is 0 Å². The summed E-state index contributed by atoms with van der Waals surface area (Å²) in [5.74, 6) is 0.149. The van der Waals surface area contributed by atoms with Gasteiger partial charge in [0, 0.05) is 36.9 Å². The number of piperidine rings is 1. The lowest BCUT2D eigenvalue weighted by molar-refractivity contribution is -0.142. The molecule has 2 saturated heterocycles. The number of nitrogens with zero attached hydrogens (tertiary/aromatic N) is 1. The van der Waals surface area contributed by atoms with Crippen molar-refractivity contribution in [1.29, 1.82) is 0 Å². The minimum absolute atomic E-state index is 0.0441. The van der Waals surface area contributed by atoms with E-state index in [2.05, 4.69) is 12.1 Å². The second kappa shape index (κ2) is 6.47. The molecule has 2 aliphatic rings. The van der Waals surface area contributed by atoms with Gasteiger partial charge in [-0.1, -0.05) is 18.2 Å². The van der Waals surface area contributed by atoms with Gasteiger partial charge in [0.2, 0.25) is 0 Å². The van der Waals surface area contributed by atoms with Crippen LogP contribution in [0.2, 0.25) is 0 Å². The Kier molecular flexibility index (Phi) is 4.33. The van der Waals surface area contributed by atoms with Crippen LogP contribution in [0.3, 0.4) is 0 Å². The molecule has 0 saturated carbocycles. The molecule has 0 radical (unpaired) electrons. The summed E-state index contributed by atoms with van der Waals surface area (Å²) in [5.41, 5.74) is -0.0441. The molecule has 0 spiro atoms. The number of rotatable bonds is 3. The fraction of sp³-hybridized carbons (Fsp3) is 0.526. The first-order valence-corrected chi connectivity index (χ1v) is 9.42. The highest BCUT2D eigenvalue weighted by Crippen LogP contribution is 2.41. The van der Waals surface area contributed by atoms with Gasteiger partial charge in [-0.2, -0.15) is 0 Å². The van der Waals surface area contributed by atoms with Crippen LogP contribution in [-0.2, 0) is 9.47 Å². The molecule has 24 heavy (non-hydrogen) atoms. The van der Waals surface area contributed by atoms with Gasteiger partial charge in [0.25, 0.3) is 5.91 Å². The average Bonchev–Trinajstić information content (AvgIpc) is 3.04. The molecule has 2 fully saturated rings. The normalized spacial score (nSPS) is 27.2. The van der Waals surface area contributed by atoms with Gasteiger partial charge in [-0.05, 0) is 36.8 Å². The Balaban J connectivity index is 1.58.